The summed E-state index contributed by atoms with van der Waals surface area (Å²) in [6, 6.07) is 13.8. The van der Waals surface area contributed by atoms with Crippen LogP contribution in [0.5, 0.6) is 5.75 Å². The van der Waals surface area contributed by atoms with Crippen molar-refractivity contribution in [2.24, 2.45) is 5.92 Å². The van der Waals surface area contributed by atoms with E-state index >= 15 is 0 Å². The number of carbonyl (C=O) groups is 1. The highest BCUT2D eigenvalue weighted by Crippen LogP contribution is 2.43. The zero-order valence-corrected chi connectivity index (χ0v) is 22.4. The molecule has 0 saturated carbocycles. The number of hydrogen-bond donors (Lipinski definition) is 1. The zero-order chi connectivity index (χ0) is 28.1. The third-order valence-corrected chi connectivity index (χ3v) is 8.21. The van der Waals surface area contributed by atoms with Gasteiger partial charge in [0.05, 0.1) is 6.04 Å². The van der Waals surface area contributed by atoms with E-state index in [4.69, 9.17) is 4.74 Å². The van der Waals surface area contributed by atoms with Crippen LogP contribution in [0.1, 0.15) is 54.0 Å². The third-order valence-electron chi connectivity index (χ3n) is 7.07. The lowest BCUT2D eigenvalue weighted by Crippen LogP contribution is -2.60. The van der Waals surface area contributed by atoms with Crippen LogP contribution in [0.2, 0.25) is 0 Å². The molecular formula is C28H28F3N3O4S. The van der Waals surface area contributed by atoms with E-state index in [2.05, 4.69) is 0 Å². The predicted octanol–water partition coefficient (Wildman–Crippen LogP) is 4.90. The van der Waals surface area contributed by atoms with Crippen LogP contribution in [0.4, 0.5) is 13.2 Å². The van der Waals surface area contributed by atoms with E-state index in [1.54, 1.807) is 30.6 Å². The van der Waals surface area contributed by atoms with Crippen LogP contribution in [0.15, 0.2) is 70.5 Å². The SMILES string of the molecule is CC(C)C(O)Oc1c2n(ccc1=O)N([C@H]1c3ccccc3CSc3ccccc31)CN([C@@H](C)C(F)(F)F)C2=O. The maximum Gasteiger partial charge on any atom is 0.408 e. The van der Waals surface area contributed by atoms with E-state index in [1.165, 1.54) is 16.9 Å². The van der Waals surface area contributed by atoms with Crippen molar-refractivity contribution >= 4 is 17.7 Å². The molecule has 1 unspecified atom stereocenters. The highest BCUT2D eigenvalue weighted by atomic mass is 32.2. The Morgan fingerprint density at radius 2 is 1.67 bits per heavy atom. The van der Waals surface area contributed by atoms with Crippen LogP contribution in [0.25, 0.3) is 0 Å². The number of carbonyl (C=O) groups excluding carboxylic acids is 1. The number of alkyl halides is 3. The molecule has 1 N–H and O–H groups in total. The number of aromatic nitrogens is 1. The summed E-state index contributed by atoms with van der Waals surface area (Å²) in [7, 11) is 0. The Balaban J connectivity index is 1.77. The number of pyridine rings is 1. The van der Waals surface area contributed by atoms with Gasteiger partial charge < -0.3 is 14.7 Å². The van der Waals surface area contributed by atoms with E-state index < -0.39 is 54.2 Å². The van der Waals surface area contributed by atoms with Crippen LogP contribution in [-0.2, 0) is 5.75 Å². The van der Waals surface area contributed by atoms with E-state index in [0.29, 0.717) is 10.7 Å². The van der Waals surface area contributed by atoms with Crippen molar-refractivity contribution in [3.63, 3.8) is 0 Å². The molecule has 0 spiro atoms. The van der Waals surface area contributed by atoms with E-state index in [-0.39, 0.29) is 5.69 Å². The maximum atomic E-state index is 14.0. The summed E-state index contributed by atoms with van der Waals surface area (Å²) < 4.78 is 49.1. The van der Waals surface area contributed by atoms with Gasteiger partial charge in [-0.25, -0.2) is 0 Å². The molecule has 3 heterocycles. The fraction of sp³-hybridized carbons (Fsp3) is 0.357. The largest absolute Gasteiger partial charge is 0.458 e. The summed E-state index contributed by atoms with van der Waals surface area (Å²) >= 11 is 1.63. The first-order valence-electron chi connectivity index (χ1n) is 12.5. The van der Waals surface area contributed by atoms with Crippen LogP contribution >= 0.6 is 11.8 Å². The number of aliphatic hydroxyl groups excluding tert-OH is 1. The van der Waals surface area contributed by atoms with Gasteiger partial charge in [0, 0.05) is 28.8 Å². The lowest BCUT2D eigenvalue weighted by molar-refractivity contribution is -0.173. The molecule has 39 heavy (non-hydrogen) atoms. The standard InChI is InChI=1S/C28H28F3N3O4S/c1-16(2)27(37)38-25-21(35)12-13-33-24(25)26(36)32(17(3)28(29,30)31)15-34(33)23-19-9-5-4-8-18(19)14-39-22-11-7-6-10-20(22)23/h4-13,16-17,23,27,37H,14-15H2,1-3H3/t17-,23-,27?/m0/s1. The number of halogens is 3. The van der Waals surface area contributed by atoms with Gasteiger partial charge in [0.25, 0.3) is 5.91 Å². The zero-order valence-electron chi connectivity index (χ0n) is 21.6. The molecule has 0 bridgehead atoms. The molecule has 0 aliphatic carbocycles. The van der Waals surface area contributed by atoms with Gasteiger partial charge in [-0.15, -0.1) is 11.8 Å². The second kappa shape index (κ2) is 10.3. The van der Waals surface area contributed by atoms with Crippen LogP contribution in [0.3, 0.4) is 0 Å². The van der Waals surface area contributed by atoms with Crippen molar-refractivity contribution in [3.05, 3.63) is 93.4 Å². The Hall–Kier alpha value is -3.44. The van der Waals surface area contributed by atoms with Crippen LogP contribution < -0.4 is 15.2 Å². The molecule has 1 aromatic heterocycles. The lowest BCUT2D eigenvalue weighted by Gasteiger charge is -2.46. The van der Waals surface area contributed by atoms with Crippen molar-refractivity contribution in [2.45, 2.75) is 56.0 Å². The summed E-state index contributed by atoms with van der Waals surface area (Å²) in [5.41, 5.74) is 1.66. The number of hydrogen-bond acceptors (Lipinski definition) is 6. The van der Waals surface area contributed by atoms with Crippen LogP contribution in [0, 0.1) is 5.92 Å². The molecule has 2 aliphatic rings. The number of ether oxygens (including phenoxy) is 1. The minimum atomic E-state index is -4.72. The molecule has 7 nitrogen and oxygen atoms in total. The monoisotopic (exact) mass is 559 g/mol. The van der Waals surface area contributed by atoms with Gasteiger partial charge in [-0.2, -0.15) is 13.2 Å². The normalized spacial score (nSPS) is 18.7. The summed E-state index contributed by atoms with van der Waals surface area (Å²) in [5.74, 6) is -1.28. The summed E-state index contributed by atoms with van der Waals surface area (Å²) in [6.45, 7) is 3.82. The van der Waals surface area contributed by atoms with Crippen molar-refractivity contribution in [1.82, 2.24) is 9.58 Å². The number of nitrogens with zero attached hydrogens (tertiary/aromatic N) is 3. The number of aliphatic hydroxyl groups is 1. The fourth-order valence-electron chi connectivity index (χ4n) is 4.81. The van der Waals surface area contributed by atoms with E-state index in [1.807, 2.05) is 48.5 Å². The average molecular weight is 560 g/mol. The number of amides is 1. The molecule has 0 saturated heterocycles. The first-order valence-corrected chi connectivity index (χ1v) is 13.5. The van der Waals surface area contributed by atoms with Crippen molar-refractivity contribution in [1.29, 1.82) is 0 Å². The van der Waals surface area contributed by atoms with Gasteiger partial charge in [0.2, 0.25) is 11.2 Å². The second-order valence-corrected chi connectivity index (χ2v) is 11.0. The first-order chi connectivity index (χ1) is 18.5. The Morgan fingerprint density at radius 1 is 1.00 bits per heavy atom. The third kappa shape index (κ3) is 4.89. The molecule has 5 rings (SSSR count). The maximum absolute atomic E-state index is 14.0. The minimum absolute atomic E-state index is 0.364. The number of rotatable bonds is 5. The molecule has 3 aromatic rings. The number of fused-ring (bicyclic) bond motifs is 3. The van der Waals surface area contributed by atoms with Gasteiger partial charge in [-0.05, 0) is 29.7 Å². The Labute approximate surface area is 227 Å². The topological polar surface area (TPSA) is 75.0 Å². The van der Waals surface area contributed by atoms with Gasteiger partial charge in [-0.3, -0.25) is 19.3 Å². The van der Waals surface area contributed by atoms with Gasteiger partial charge in [0.15, 0.2) is 12.0 Å². The summed E-state index contributed by atoms with van der Waals surface area (Å²) in [4.78, 5) is 28.3. The molecule has 2 aromatic carbocycles. The first kappa shape index (κ1) is 27.1. The van der Waals surface area contributed by atoms with Crippen LogP contribution in [-0.4, -0.2) is 45.8 Å². The van der Waals surface area contributed by atoms with Gasteiger partial charge >= 0.3 is 6.18 Å². The molecular weight excluding hydrogens is 531 g/mol. The Kier molecular flexibility index (Phi) is 7.15. The van der Waals surface area contributed by atoms with Crippen molar-refractivity contribution < 1.29 is 27.8 Å². The Bertz CT molecular complexity index is 1410. The number of benzene rings is 2. The van der Waals surface area contributed by atoms with Crippen molar-refractivity contribution in [2.75, 3.05) is 11.7 Å². The summed E-state index contributed by atoms with van der Waals surface area (Å²) in [6.07, 6.45) is -4.79. The van der Waals surface area contributed by atoms with E-state index in [9.17, 15) is 27.9 Å². The van der Waals surface area contributed by atoms with Crippen molar-refractivity contribution in [3.8, 4) is 5.75 Å². The highest BCUT2D eigenvalue weighted by Gasteiger charge is 2.48. The quantitative estimate of drug-likeness (QED) is 0.449. The summed E-state index contributed by atoms with van der Waals surface area (Å²) in [5, 5.41) is 12.1. The lowest BCUT2D eigenvalue weighted by atomic mass is 9.94. The second-order valence-electron chi connectivity index (χ2n) is 9.96. The minimum Gasteiger partial charge on any atom is -0.458 e. The highest BCUT2D eigenvalue weighted by molar-refractivity contribution is 7.98. The fourth-order valence-corrected chi connectivity index (χ4v) is 5.90. The number of thioether (sulfide) groups is 1. The van der Waals surface area contributed by atoms with E-state index in [0.717, 1.165) is 28.5 Å². The molecule has 3 atom stereocenters. The Morgan fingerprint density at radius 3 is 2.36 bits per heavy atom. The molecule has 2 aliphatic heterocycles. The smallest absolute Gasteiger partial charge is 0.408 e. The molecule has 11 heteroatoms. The molecule has 206 valence electrons. The van der Waals surface area contributed by atoms with Gasteiger partial charge in [-0.1, -0.05) is 56.3 Å². The average Bonchev–Trinajstić information content (AvgIpc) is 3.06. The molecule has 0 radical (unpaired) electrons. The van der Waals surface area contributed by atoms with Gasteiger partial charge in [0.1, 0.15) is 12.7 Å². The molecule has 1 amide bonds. The molecule has 0 fully saturated rings. The predicted molar refractivity (Wildman–Crippen MR) is 141 cm³/mol.